The van der Waals surface area contributed by atoms with Gasteiger partial charge in [-0.05, 0) is 29.3 Å². The fraction of sp³-hybridized carbons (Fsp3) is 0.231. The Balaban J connectivity index is 1.38. The van der Waals surface area contributed by atoms with E-state index in [2.05, 4.69) is 12.1 Å². The summed E-state index contributed by atoms with van der Waals surface area (Å²) in [5.74, 6) is 0.764. The van der Waals surface area contributed by atoms with Crippen molar-refractivity contribution in [1.82, 2.24) is 0 Å². The molecule has 0 aliphatic carbocycles. The minimum absolute atomic E-state index is 0.211. The topological polar surface area (TPSA) is 36.9 Å². The molecule has 0 amide bonds. The molecule has 4 rings (SSSR count). The van der Waals surface area contributed by atoms with Gasteiger partial charge in [-0.25, -0.2) is 0 Å². The Morgan fingerprint density at radius 3 is 1.93 bits per heavy atom. The van der Waals surface area contributed by atoms with Gasteiger partial charge in [0.15, 0.2) is 0 Å². The minimum Gasteiger partial charge on any atom is -0.461 e. The molecule has 30 heavy (non-hydrogen) atoms. The van der Waals surface area contributed by atoms with E-state index in [1.807, 2.05) is 91.0 Å². The first-order valence-corrected chi connectivity index (χ1v) is 10.2. The van der Waals surface area contributed by atoms with Crippen LogP contribution in [-0.4, -0.2) is 25.1 Å². The molecule has 4 heteroatoms. The maximum absolute atomic E-state index is 6.17. The van der Waals surface area contributed by atoms with E-state index in [0.29, 0.717) is 19.8 Å². The third kappa shape index (κ3) is 6.04. The van der Waals surface area contributed by atoms with E-state index in [9.17, 15) is 0 Å². The van der Waals surface area contributed by atoms with Crippen LogP contribution in [0.15, 0.2) is 103 Å². The van der Waals surface area contributed by atoms with E-state index >= 15 is 0 Å². The summed E-state index contributed by atoms with van der Waals surface area (Å²) in [6.45, 7) is 1.45. The summed E-state index contributed by atoms with van der Waals surface area (Å²) in [6.07, 6.45) is 2.95. The molecule has 0 saturated carbocycles. The van der Waals surface area contributed by atoms with Crippen LogP contribution >= 0.6 is 0 Å². The molecule has 4 nitrogen and oxygen atoms in total. The van der Waals surface area contributed by atoms with Crippen LogP contribution in [0.25, 0.3) is 0 Å². The number of rotatable bonds is 9. The molecular weight excluding hydrogens is 376 g/mol. The molecule has 3 aromatic rings. The highest BCUT2D eigenvalue weighted by molar-refractivity contribution is 5.22. The Morgan fingerprint density at radius 2 is 1.27 bits per heavy atom. The van der Waals surface area contributed by atoms with E-state index in [0.717, 1.165) is 16.9 Å². The molecule has 0 bridgehead atoms. The van der Waals surface area contributed by atoms with Crippen LogP contribution in [0.2, 0.25) is 0 Å². The van der Waals surface area contributed by atoms with E-state index in [1.165, 1.54) is 0 Å². The Hall–Kier alpha value is -2.92. The van der Waals surface area contributed by atoms with Crippen LogP contribution in [0, 0.1) is 0 Å². The van der Waals surface area contributed by atoms with Crippen molar-refractivity contribution in [1.29, 1.82) is 0 Å². The predicted octanol–water partition coefficient (Wildman–Crippen LogP) is 5.15. The second kappa shape index (κ2) is 10.7. The maximum Gasteiger partial charge on any atom is 0.220 e. The van der Waals surface area contributed by atoms with Gasteiger partial charge in [-0.2, -0.15) is 0 Å². The van der Waals surface area contributed by atoms with E-state index in [1.54, 1.807) is 0 Å². The van der Waals surface area contributed by atoms with Crippen LogP contribution in [-0.2, 0) is 27.4 Å². The van der Waals surface area contributed by atoms with Gasteiger partial charge < -0.3 is 18.9 Å². The summed E-state index contributed by atoms with van der Waals surface area (Å²) in [6, 6.07) is 29.9. The molecule has 0 saturated heterocycles. The molecule has 154 valence electrons. The molecule has 0 spiro atoms. The number of hydrogen-bond donors (Lipinski definition) is 0. The lowest BCUT2D eigenvalue weighted by Gasteiger charge is -2.32. The average molecular weight is 402 g/mol. The highest BCUT2D eigenvalue weighted by Crippen LogP contribution is 2.21. The van der Waals surface area contributed by atoms with E-state index in [4.69, 9.17) is 18.9 Å². The van der Waals surface area contributed by atoms with Gasteiger partial charge in [0.2, 0.25) is 6.29 Å². The van der Waals surface area contributed by atoms with Gasteiger partial charge in [0.05, 0.1) is 19.8 Å². The molecular formula is C26H26O4. The molecule has 3 atom stereocenters. The lowest BCUT2D eigenvalue weighted by molar-refractivity contribution is -0.165. The Kier molecular flexibility index (Phi) is 7.29. The van der Waals surface area contributed by atoms with Crippen LogP contribution in [0.3, 0.4) is 0 Å². The number of para-hydroxylation sites is 1. The molecule has 0 radical (unpaired) electrons. The monoisotopic (exact) mass is 402 g/mol. The fourth-order valence-electron chi connectivity index (χ4n) is 3.25. The Bertz CT molecular complexity index is 896. The zero-order valence-electron chi connectivity index (χ0n) is 16.8. The highest BCUT2D eigenvalue weighted by Gasteiger charge is 2.29. The second-order valence-corrected chi connectivity index (χ2v) is 7.12. The van der Waals surface area contributed by atoms with Gasteiger partial charge in [0.25, 0.3) is 0 Å². The van der Waals surface area contributed by atoms with Crippen molar-refractivity contribution in [3.05, 3.63) is 114 Å². The van der Waals surface area contributed by atoms with Crippen molar-refractivity contribution < 1.29 is 18.9 Å². The Morgan fingerprint density at radius 1 is 0.667 bits per heavy atom. The van der Waals surface area contributed by atoms with Gasteiger partial charge in [-0.15, -0.1) is 0 Å². The van der Waals surface area contributed by atoms with Crippen molar-refractivity contribution in [2.75, 3.05) is 6.61 Å². The summed E-state index contributed by atoms with van der Waals surface area (Å²) >= 11 is 0. The SMILES string of the molecule is C1=C[C@@H](OCc2ccccc2)[C@@H](COCc2ccccc2)O[C@H]1Oc1ccccc1. The Labute approximate surface area is 177 Å². The lowest BCUT2D eigenvalue weighted by atomic mass is 10.1. The standard InChI is InChI=1S/C26H26O4/c1-4-10-21(11-5-1)18-27-20-25-24(28-19-22-12-6-2-7-13-22)16-17-26(30-25)29-23-14-8-3-9-15-23/h1-17,24-26H,18-20H2/t24-,25-,26-/m1/s1. The third-order valence-corrected chi connectivity index (χ3v) is 4.81. The van der Waals surface area contributed by atoms with Crippen LogP contribution in [0.4, 0.5) is 0 Å². The smallest absolute Gasteiger partial charge is 0.220 e. The van der Waals surface area contributed by atoms with Gasteiger partial charge in [-0.1, -0.05) is 84.9 Å². The number of benzene rings is 3. The highest BCUT2D eigenvalue weighted by atomic mass is 16.7. The zero-order chi connectivity index (χ0) is 20.4. The van der Waals surface area contributed by atoms with Crippen molar-refractivity contribution in [2.45, 2.75) is 31.7 Å². The minimum atomic E-state index is -0.477. The first-order valence-electron chi connectivity index (χ1n) is 10.2. The van der Waals surface area contributed by atoms with Crippen LogP contribution in [0.1, 0.15) is 11.1 Å². The molecule has 0 fully saturated rings. The summed E-state index contributed by atoms with van der Waals surface area (Å²) in [4.78, 5) is 0. The largest absolute Gasteiger partial charge is 0.461 e. The van der Waals surface area contributed by atoms with Crippen molar-refractivity contribution in [3.63, 3.8) is 0 Å². The van der Waals surface area contributed by atoms with Gasteiger partial charge in [0.1, 0.15) is 18.0 Å². The predicted molar refractivity (Wildman–Crippen MR) is 116 cm³/mol. The summed E-state index contributed by atoms with van der Waals surface area (Å²) in [5, 5.41) is 0. The van der Waals surface area contributed by atoms with E-state index in [-0.39, 0.29) is 12.2 Å². The number of ether oxygens (including phenoxy) is 4. The molecule has 3 aromatic carbocycles. The fourth-order valence-corrected chi connectivity index (χ4v) is 3.25. The second-order valence-electron chi connectivity index (χ2n) is 7.12. The lowest BCUT2D eigenvalue weighted by Crippen LogP contribution is -2.42. The van der Waals surface area contributed by atoms with Gasteiger partial charge in [0, 0.05) is 0 Å². The van der Waals surface area contributed by atoms with Crippen LogP contribution in [0.5, 0.6) is 5.75 Å². The maximum atomic E-state index is 6.17. The molecule has 1 aliphatic rings. The van der Waals surface area contributed by atoms with Crippen molar-refractivity contribution in [2.24, 2.45) is 0 Å². The average Bonchev–Trinajstić information content (AvgIpc) is 2.81. The first-order chi connectivity index (χ1) is 14.9. The molecule has 0 N–H and O–H groups in total. The summed E-state index contributed by atoms with van der Waals surface area (Å²) < 4.78 is 24.2. The van der Waals surface area contributed by atoms with Gasteiger partial charge in [-0.3, -0.25) is 0 Å². The number of hydrogen-bond acceptors (Lipinski definition) is 4. The molecule has 0 unspecified atom stereocenters. The quantitative estimate of drug-likeness (QED) is 0.464. The summed E-state index contributed by atoms with van der Waals surface area (Å²) in [7, 11) is 0. The first kappa shape index (κ1) is 20.4. The molecule has 0 aromatic heterocycles. The van der Waals surface area contributed by atoms with Crippen molar-refractivity contribution in [3.8, 4) is 5.75 Å². The molecule has 1 heterocycles. The van der Waals surface area contributed by atoms with E-state index < -0.39 is 6.29 Å². The van der Waals surface area contributed by atoms with Crippen LogP contribution < -0.4 is 4.74 Å². The third-order valence-electron chi connectivity index (χ3n) is 4.81. The molecule has 1 aliphatic heterocycles. The van der Waals surface area contributed by atoms with Gasteiger partial charge >= 0.3 is 0 Å². The zero-order valence-corrected chi connectivity index (χ0v) is 16.8. The summed E-state index contributed by atoms with van der Waals surface area (Å²) in [5.41, 5.74) is 2.25. The van der Waals surface area contributed by atoms with Crippen molar-refractivity contribution >= 4 is 0 Å². The normalized spacial score (nSPS) is 20.7.